The quantitative estimate of drug-likeness (QED) is 0.607. The minimum atomic E-state index is -0.259. The molecule has 6 heteroatoms. The van der Waals surface area contributed by atoms with E-state index in [1.807, 2.05) is 13.8 Å². The van der Waals surface area contributed by atoms with Gasteiger partial charge in [-0.05, 0) is 31.9 Å². The summed E-state index contributed by atoms with van der Waals surface area (Å²) in [6, 6.07) is 6.61. The molecule has 0 fully saturated rings. The molecule has 1 aromatic rings. The molecule has 0 saturated heterocycles. The van der Waals surface area contributed by atoms with Crippen molar-refractivity contribution in [3.05, 3.63) is 35.6 Å². The summed E-state index contributed by atoms with van der Waals surface area (Å²) in [5.41, 5.74) is 0.583. The monoisotopic (exact) mass is 310 g/mol. The Bertz CT molecular complexity index is 506. The van der Waals surface area contributed by atoms with E-state index in [1.165, 1.54) is 6.07 Å². The Balaban J connectivity index is 2.25. The van der Waals surface area contributed by atoms with Gasteiger partial charge in [0.1, 0.15) is 5.82 Å². The van der Waals surface area contributed by atoms with Crippen molar-refractivity contribution in [1.29, 1.82) is 0 Å². The van der Waals surface area contributed by atoms with Crippen molar-refractivity contribution >= 4 is 11.8 Å². The summed E-state index contributed by atoms with van der Waals surface area (Å²) < 4.78 is 13.4. The average Bonchev–Trinajstić information content (AvgIpc) is 2.39. The number of hydrogen-bond acceptors (Lipinski definition) is 2. The largest absolute Gasteiger partial charge is 0.351 e. The molecule has 5 nitrogen and oxygen atoms in total. The van der Waals surface area contributed by atoms with Gasteiger partial charge in [0.05, 0.1) is 7.05 Å². The van der Waals surface area contributed by atoms with Crippen LogP contribution in [0.2, 0.25) is 0 Å². The fourth-order valence-electron chi connectivity index (χ4n) is 2.08. The molecule has 0 spiro atoms. The zero-order valence-corrected chi connectivity index (χ0v) is 13.4. The van der Waals surface area contributed by atoms with Gasteiger partial charge in [0.2, 0.25) is 0 Å². The highest BCUT2D eigenvalue weighted by molar-refractivity contribution is 5.79. The maximum Gasteiger partial charge on any atom is 0.275 e. The Morgan fingerprint density at radius 1 is 1.18 bits per heavy atom. The topological polar surface area (TPSA) is 62.6 Å². The molecule has 0 saturated carbocycles. The van der Waals surface area contributed by atoms with Crippen LogP contribution in [0.3, 0.4) is 0 Å². The van der Waals surface area contributed by atoms with E-state index in [2.05, 4.69) is 10.6 Å². The second-order valence-corrected chi connectivity index (χ2v) is 5.72. The molecular weight excluding hydrogens is 285 g/mol. The highest BCUT2D eigenvalue weighted by Crippen LogP contribution is 2.05. The lowest BCUT2D eigenvalue weighted by Crippen LogP contribution is -3.11. The SMILES string of the molecule is CC(C)NC(=O)C[NH+](C)CC(=O)NCCc1ccccc1F. The Kier molecular flexibility index (Phi) is 7.52. The molecule has 0 aromatic heterocycles. The van der Waals surface area contributed by atoms with Crippen molar-refractivity contribution in [3.63, 3.8) is 0 Å². The highest BCUT2D eigenvalue weighted by Gasteiger charge is 2.14. The number of halogens is 1. The molecule has 1 rings (SSSR count). The van der Waals surface area contributed by atoms with Gasteiger partial charge in [0.25, 0.3) is 11.8 Å². The molecule has 0 bridgehead atoms. The van der Waals surface area contributed by atoms with Crippen LogP contribution in [-0.4, -0.2) is 44.5 Å². The minimum Gasteiger partial charge on any atom is -0.351 e. The van der Waals surface area contributed by atoms with Crippen molar-refractivity contribution in [2.24, 2.45) is 0 Å². The lowest BCUT2D eigenvalue weighted by atomic mass is 10.1. The standard InChI is InChI=1S/C16H24FN3O2/c1-12(2)19-16(22)11-20(3)10-15(21)18-9-8-13-6-4-5-7-14(13)17/h4-7,12H,8-11H2,1-3H3,(H,18,21)(H,19,22)/p+1. The van der Waals surface area contributed by atoms with Crippen LogP contribution < -0.4 is 15.5 Å². The van der Waals surface area contributed by atoms with Crippen LogP contribution in [0, 0.1) is 5.82 Å². The summed E-state index contributed by atoms with van der Waals surface area (Å²) in [6.45, 7) is 4.62. The van der Waals surface area contributed by atoms with E-state index in [0.717, 1.165) is 4.90 Å². The zero-order valence-electron chi connectivity index (χ0n) is 13.4. The predicted octanol–water partition coefficient (Wildman–Crippen LogP) is -0.476. The van der Waals surface area contributed by atoms with Crippen molar-refractivity contribution in [1.82, 2.24) is 10.6 Å². The van der Waals surface area contributed by atoms with Gasteiger partial charge in [0, 0.05) is 12.6 Å². The molecule has 1 unspecified atom stereocenters. The fourth-order valence-corrected chi connectivity index (χ4v) is 2.08. The Hall–Kier alpha value is -1.95. The normalized spacial score (nSPS) is 12.0. The van der Waals surface area contributed by atoms with Crippen molar-refractivity contribution < 1.29 is 18.9 Å². The number of benzene rings is 1. The molecule has 3 N–H and O–H groups in total. The average molecular weight is 310 g/mol. The van der Waals surface area contributed by atoms with Crippen LogP contribution in [0.4, 0.5) is 4.39 Å². The van der Waals surface area contributed by atoms with Crippen LogP contribution in [-0.2, 0) is 16.0 Å². The Morgan fingerprint density at radius 2 is 1.82 bits per heavy atom. The molecule has 122 valence electrons. The smallest absolute Gasteiger partial charge is 0.275 e. The van der Waals surface area contributed by atoms with Crippen LogP contribution in [0.1, 0.15) is 19.4 Å². The zero-order chi connectivity index (χ0) is 16.5. The third kappa shape index (κ3) is 7.17. The molecule has 22 heavy (non-hydrogen) atoms. The second-order valence-electron chi connectivity index (χ2n) is 5.72. The van der Waals surface area contributed by atoms with E-state index in [4.69, 9.17) is 0 Å². The third-order valence-corrected chi connectivity index (χ3v) is 3.05. The van der Waals surface area contributed by atoms with Gasteiger partial charge >= 0.3 is 0 Å². The summed E-state index contributed by atoms with van der Waals surface area (Å²) in [7, 11) is 1.79. The van der Waals surface area contributed by atoms with Crippen LogP contribution >= 0.6 is 0 Å². The first-order valence-corrected chi connectivity index (χ1v) is 7.49. The summed E-state index contributed by atoms with van der Waals surface area (Å²) in [4.78, 5) is 24.2. The van der Waals surface area contributed by atoms with Crippen molar-refractivity contribution in [3.8, 4) is 0 Å². The lowest BCUT2D eigenvalue weighted by molar-refractivity contribution is -0.862. The summed E-state index contributed by atoms with van der Waals surface area (Å²) in [6.07, 6.45) is 0.450. The van der Waals surface area contributed by atoms with Crippen molar-refractivity contribution in [2.75, 3.05) is 26.7 Å². The van der Waals surface area contributed by atoms with Gasteiger partial charge in [-0.3, -0.25) is 9.59 Å². The van der Waals surface area contributed by atoms with Gasteiger partial charge in [-0.1, -0.05) is 18.2 Å². The van der Waals surface area contributed by atoms with Crippen LogP contribution in [0.15, 0.2) is 24.3 Å². The lowest BCUT2D eigenvalue weighted by Gasteiger charge is -2.15. The molecule has 0 radical (unpaired) electrons. The highest BCUT2D eigenvalue weighted by atomic mass is 19.1. The fraction of sp³-hybridized carbons (Fsp3) is 0.500. The first-order valence-electron chi connectivity index (χ1n) is 7.49. The summed E-state index contributed by atoms with van der Waals surface area (Å²) in [5, 5.41) is 5.53. The summed E-state index contributed by atoms with van der Waals surface area (Å²) in [5.74, 6) is -0.484. The molecule has 2 amide bonds. The third-order valence-electron chi connectivity index (χ3n) is 3.05. The summed E-state index contributed by atoms with van der Waals surface area (Å²) >= 11 is 0. The predicted molar refractivity (Wildman–Crippen MR) is 83.0 cm³/mol. The Labute approximate surface area is 130 Å². The second kappa shape index (κ2) is 9.15. The molecular formula is C16H25FN3O2+. The van der Waals surface area contributed by atoms with E-state index in [9.17, 15) is 14.0 Å². The molecule has 0 aliphatic carbocycles. The van der Waals surface area contributed by atoms with E-state index in [1.54, 1.807) is 25.2 Å². The van der Waals surface area contributed by atoms with Gasteiger partial charge < -0.3 is 15.5 Å². The van der Waals surface area contributed by atoms with Crippen LogP contribution in [0.5, 0.6) is 0 Å². The van der Waals surface area contributed by atoms with E-state index in [0.29, 0.717) is 18.5 Å². The minimum absolute atomic E-state index is 0.0772. The number of hydrogen-bond donors (Lipinski definition) is 3. The van der Waals surface area contributed by atoms with E-state index >= 15 is 0 Å². The van der Waals surface area contributed by atoms with Gasteiger partial charge in [-0.2, -0.15) is 0 Å². The van der Waals surface area contributed by atoms with Gasteiger partial charge in [-0.15, -0.1) is 0 Å². The number of carbonyl (C=O) groups excluding carboxylic acids is 2. The molecule has 0 heterocycles. The van der Waals surface area contributed by atoms with Gasteiger partial charge in [0.15, 0.2) is 13.1 Å². The number of rotatable bonds is 8. The number of quaternary nitrogens is 1. The first kappa shape index (κ1) is 18.1. The Morgan fingerprint density at radius 3 is 2.45 bits per heavy atom. The van der Waals surface area contributed by atoms with Crippen molar-refractivity contribution in [2.45, 2.75) is 26.3 Å². The molecule has 0 aliphatic rings. The molecule has 1 aromatic carbocycles. The van der Waals surface area contributed by atoms with E-state index in [-0.39, 0.29) is 36.8 Å². The van der Waals surface area contributed by atoms with Crippen LogP contribution in [0.25, 0.3) is 0 Å². The number of likely N-dealkylation sites (N-methyl/N-ethyl adjacent to an activating group) is 1. The number of amides is 2. The van der Waals surface area contributed by atoms with E-state index < -0.39 is 0 Å². The molecule has 1 atom stereocenters. The maximum atomic E-state index is 13.4. The first-order chi connectivity index (χ1) is 10.4. The molecule has 0 aliphatic heterocycles. The number of nitrogens with one attached hydrogen (secondary N) is 3. The number of carbonyl (C=O) groups is 2. The maximum absolute atomic E-state index is 13.4. The van der Waals surface area contributed by atoms with Gasteiger partial charge in [-0.25, -0.2) is 4.39 Å².